The topological polar surface area (TPSA) is 53.3 Å². The molecular formula is C11H20N2O2. The zero-order valence-electron chi connectivity index (χ0n) is 10.4. The van der Waals surface area contributed by atoms with Crippen LogP contribution in [0.4, 0.5) is 4.79 Å². The van der Waals surface area contributed by atoms with E-state index in [0.717, 1.165) is 0 Å². The molecule has 0 aromatic heterocycles. The summed E-state index contributed by atoms with van der Waals surface area (Å²) in [5.74, 6) is 0. The largest absolute Gasteiger partial charge is 0.444 e. The molecule has 0 radical (unpaired) electrons. The Bertz CT molecular complexity index is 266. The molecule has 0 aromatic rings. The summed E-state index contributed by atoms with van der Waals surface area (Å²) in [5.41, 5.74) is -0.936. The summed E-state index contributed by atoms with van der Waals surface area (Å²) in [6.45, 7) is 11.1. The molecule has 0 bridgehead atoms. The van der Waals surface area contributed by atoms with E-state index in [4.69, 9.17) is 10.00 Å². The van der Waals surface area contributed by atoms with Gasteiger partial charge in [0.1, 0.15) is 12.1 Å². The fraction of sp³-hybridized carbons (Fsp3) is 0.818. The van der Waals surface area contributed by atoms with Crippen LogP contribution in [0.15, 0.2) is 0 Å². The molecule has 0 fully saturated rings. The highest BCUT2D eigenvalue weighted by atomic mass is 16.6. The van der Waals surface area contributed by atoms with Crippen molar-refractivity contribution in [2.45, 2.75) is 52.7 Å². The molecule has 0 saturated heterocycles. The fourth-order valence-electron chi connectivity index (χ4n) is 0.963. The molecule has 0 atom stereocenters. The van der Waals surface area contributed by atoms with E-state index in [1.807, 2.05) is 26.8 Å². The lowest BCUT2D eigenvalue weighted by atomic mass is 10.1. The maximum Gasteiger partial charge on any atom is 0.411 e. The molecule has 0 N–H and O–H groups in total. The molecule has 0 rings (SSSR count). The Morgan fingerprint density at radius 1 is 1.27 bits per heavy atom. The van der Waals surface area contributed by atoms with Gasteiger partial charge < -0.3 is 4.74 Å². The van der Waals surface area contributed by atoms with Crippen molar-refractivity contribution in [2.75, 3.05) is 6.54 Å². The van der Waals surface area contributed by atoms with Gasteiger partial charge in [0.05, 0.1) is 6.07 Å². The monoisotopic (exact) mass is 212 g/mol. The van der Waals surface area contributed by atoms with Crippen molar-refractivity contribution in [2.24, 2.45) is 0 Å². The zero-order chi connectivity index (χ0) is 12.3. The normalized spacial score (nSPS) is 11.8. The van der Waals surface area contributed by atoms with Gasteiger partial charge in [-0.25, -0.2) is 4.79 Å². The second kappa shape index (κ2) is 4.52. The third kappa shape index (κ3) is 5.26. The highest BCUT2D eigenvalue weighted by Gasteiger charge is 2.30. The van der Waals surface area contributed by atoms with Gasteiger partial charge in [-0.2, -0.15) is 5.26 Å². The van der Waals surface area contributed by atoms with E-state index in [9.17, 15) is 4.79 Å². The molecule has 4 heteroatoms. The SMILES string of the molecule is CC(C)(C)OC(=O)N(CC#N)C(C)(C)C. The van der Waals surface area contributed by atoms with E-state index in [1.165, 1.54) is 4.90 Å². The molecular weight excluding hydrogens is 192 g/mol. The minimum Gasteiger partial charge on any atom is -0.444 e. The number of hydrogen-bond acceptors (Lipinski definition) is 3. The van der Waals surface area contributed by atoms with Crippen LogP contribution in [0.3, 0.4) is 0 Å². The number of ether oxygens (including phenoxy) is 1. The molecule has 4 nitrogen and oxygen atoms in total. The Kier molecular flexibility index (Phi) is 4.15. The van der Waals surface area contributed by atoms with Crippen LogP contribution in [0.2, 0.25) is 0 Å². The Morgan fingerprint density at radius 3 is 2.00 bits per heavy atom. The number of nitriles is 1. The summed E-state index contributed by atoms with van der Waals surface area (Å²) in [4.78, 5) is 13.2. The van der Waals surface area contributed by atoms with Crippen molar-refractivity contribution in [1.29, 1.82) is 5.26 Å². The average Bonchev–Trinajstić information content (AvgIpc) is 1.93. The molecule has 0 saturated carbocycles. The first-order chi connectivity index (χ1) is 6.58. The molecule has 86 valence electrons. The Balaban J connectivity index is 4.67. The molecule has 0 heterocycles. The zero-order valence-corrected chi connectivity index (χ0v) is 10.4. The van der Waals surface area contributed by atoms with Crippen LogP contribution in [0, 0.1) is 11.3 Å². The third-order valence-electron chi connectivity index (χ3n) is 1.65. The van der Waals surface area contributed by atoms with Crippen molar-refractivity contribution in [3.8, 4) is 6.07 Å². The van der Waals surface area contributed by atoms with Gasteiger partial charge in [0.25, 0.3) is 0 Å². The number of carbonyl (C=O) groups is 1. The van der Waals surface area contributed by atoms with Crippen molar-refractivity contribution in [3.63, 3.8) is 0 Å². The fourth-order valence-corrected chi connectivity index (χ4v) is 0.963. The summed E-state index contributed by atoms with van der Waals surface area (Å²) in [6.07, 6.45) is -0.448. The molecule has 15 heavy (non-hydrogen) atoms. The second-order valence-corrected chi connectivity index (χ2v) is 5.40. The quantitative estimate of drug-likeness (QED) is 0.628. The minimum absolute atomic E-state index is 0.0401. The summed E-state index contributed by atoms with van der Waals surface area (Å²) >= 11 is 0. The lowest BCUT2D eigenvalue weighted by molar-refractivity contribution is 0.0101. The predicted molar refractivity (Wildman–Crippen MR) is 58.3 cm³/mol. The average molecular weight is 212 g/mol. The third-order valence-corrected chi connectivity index (χ3v) is 1.65. The van der Waals surface area contributed by atoms with E-state index in [1.54, 1.807) is 20.8 Å². The Morgan fingerprint density at radius 2 is 1.73 bits per heavy atom. The van der Waals surface area contributed by atoms with Crippen LogP contribution < -0.4 is 0 Å². The first-order valence-corrected chi connectivity index (χ1v) is 4.95. The Hall–Kier alpha value is -1.24. The summed E-state index contributed by atoms with van der Waals surface area (Å²) in [7, 11) is 0. The lowest BCUT2D eigenvalue weighted by Crippen LogP contribution is -2.48. The van der Waals surface area contributed by atoms with Crippen molar-refractivity contribution in [1.82, 2.24) is 4.90 Å². The predicted octanol–water partition coefficient (Wildman–Crippen LogP) is 2.55. The van der Waals surface area contributed by atoms with Crippen LogP contribution in [-0.2, 0) is 4.74 Å². The molecule has 0 unspecified atom stereocenters. The maximum absolute atomic E-state index is 11.7. The maximum atomic E-state index is 11.7. The standard InChI is InChI=1S/C11H20N2O2/c1-10(2,3)13(8-7-12)9(14)15-11(4,5)6/h8H2,1-6H3. The first-order valence-electron chi connectivity index (χ1n) is 4.95. The van der Waals surface area contributed by atoms with Crippen LogP contribution in [0.5, 0.6) is 0 Å². The van der Waals surface area contributed by atoms with Gasteiger partial charge in [-0.05, 0) is 41.5 Å². The molecule has 0 spiro atoms. The first kappa shape index (κ1) is 13.8. The summed E-state index contributed by atoms with van der Waals surface area (Å²) in [5, 5.41) is 8.65. The molecule has 0 aliphatic rings. The highest BCUT2D eigenvalue weighted by Crippen LogP contribution is 2.17. The van der Waals surface area contributed by atoms with Gasteiger partial charge in [-0.15, -0.1) is 0 Å². The number of carbonyl (C=O) groups excluding carboxylic acids is 1. The van der Waals surface area contributed by atoms with Crippen LogP contribution in [-0.4, -0.2) is 28.7 Å². The molecule has 0 aromatic carbocycles. The number of amides is 1. The van der Waals surface area contributed by atoms with Crippen molar-refractivity contribution >= 4 is 6.09 Å². The summed E-state index contributed by atoms with van der Waals surface area (Å²) < 4.78 is 5.21. The van der Waals surface area contributed by atoms with Gasteiger partial charge in [-0.3, -0.25) is 4.90 Å². The van der Waals surface area contributed by atoms with E-state index in [0.29, 0.717) is 0 Å². The lowest BCUT2D eigenvalue weighted by Gasteiger charge is -2.35. The van der Waals surface area contributed by atoms with Crippen LogP contribution in [0.1, 0.15) is 41.5 Å². The second-order valence-electron chi connectivity index (χ2n) is 5.40. The van der Waals surface area contributed by atoms with Gasteiger partial charge in [-0.1, -0.05) is 0 Å². The molecule has 0 aliphatic heterocycles. The number of rotatable bonds is 1. The van der Waals surface area contributed by atoms with Crippen LogP contribution in [0.25, 0.3) is 0 Å². The van der Waals surface area contributed by atoms with E-state index < -0.39 is 17.2 Å². The van der Waals surface area contributed by atoms with Gasteiger partial charge >= 0.3 is 6.09 Å². The molecule has 1 amide bonds. The number of hydrogen-bond donors (Lipinski definition) is 0. The van der Waals surface area contributed by atoms with E-state index in [-0.39, 0.29) is 6.54 Å². The minimum atomic E-state index is -0.532. The van der Waals surface area contributed by atoms with E-state index >= 15 is 0 Å². The van der Waals surface area contributed by atoms with Crippen molar-refractivity contribution in [3.05, 3.63) is 0 Å². The van der Waals surface area contributed by atoms with Crippen molar-refractivity contribution < 1.29 is 9.53 Å². The number of nitrogens with zero attached hydrogens (tertiary/aromatic N) is 2. The van der Waals surface area contributed by atoms with Gasteiger partial charge in [0.15, 0.2) is 0 Å². The Labute approximate surface area is 91.8 Å². The van der Waals surface area contributed by atoms with Gasteiger partial charge in [0.2, 0.25) is 0 Å². The molecule has 0 aliphatic carbocycles. The highest BCUT2D eigenvalue weighted by molar-refractivity contribution is 5.69. The summed E-state index contributed by atoms with van der Waals surface area (Å²) in [6, 6.07) is 1.97. The van der Waals surface area contributed by atoms with Crippen LogP contribution >= 0.6 is 0 Å². The van der Waals surface area contributed by atoms with E-state index in [2.05, 4.69) is 0 Å². The smallest absolute Gasteiger partial charge is 0.411 e. The van der Waals surface area contributed by atoms with Gasteiger partial charge in [0, 0.05) is 5.54 Å².